The van der Waals surface area contributed by atoms with Crippen LogP contribution in [0.4, 0.5) is 0 Å². The zero-order valence-electron chi connectivity index (χ0n) is 16.7. The number of hydrogen-bond donors (Lipinski definition) is 1. The van der Waals surface area contributed by atoms with Crippen molar-refractivity contribution in [1.82, 2.24) is 0 Å². The SMILES string of the molecule is CCCCCCCCCCCCCCCCOC(=O)c1ccccc1O. The maximum absolute atomic E-state index is 11.8. The number of benzene rings is 1. The molecule has 0 saturated carbocycles. The van der Waals surface area contributed by atoms with Gasteiger partial charge in [-0.3, -0.25) is 0 Å². The van der Waals surface area contributed by atoms with Crippen molar-refractivity contribution in [2.24, 2.45) is 0 Å². The van der Waals surface area contributed by atoms with Gasteiger partial charge >= 0.3 is 5.97 Å². The quantitative estimate of drug-likeness (QED) is 0.253. The standard InChI is InChI=1S/C23H38O3/c1-2-3-4-5-6-7-8-9-10-11-12-13-14-17-20-26-23(25)21-18-15-16-19-22(21)24/h15-16,18-19,24H,2-14,17,20H2,1H3. The average Bonchev–Trinajstić information content (AvgIpc) is 2.65. The maximum Gasteiger partial charge on any atom is 0.341 e. The molecule has 0 saturated heterocycles. The minimum atomic E-state index is -0.433. The van der Waals surface area contributed by atoms with Crippen molar-refractivity contribution < 1.29 is 14.6 Å². The summed E-state index contributed by atoms with van der Waals surface area (Å²) in [6.07, 6.45) is 18.3. The molecule has 148 valence electrons. The Morgan fingerprint density at radius 3 is 1.73 bits per heavy atom. The number of unbranched alkanes of at least 4 members (excludes halogenated alkanes) is 13. The van der Waals surface area contributed by atoms with Gasteiger partial charge in [-0.1, -0.05) is 103 Å². The first-order chi connectivity index (χ1) is 12.8. The van der Waals surface area contributed by atoms with E-state index in [1.165, 1.54) is 83.1 Å². The molecule has 0 bridgehead atoms. The van der Waals surface area contributed by atoms with Crippen LogP contribution in [0.2, 0.25) is 0 Å². The van der Waals surface area contributed by atoms with E-state index in [2.05, 4.69) is 6.92 Å². The van der Waals surface area contributed by atoms with Gasteiger partial charge in [-0.2, -0.15) is 0 Å². The number of hydrogen-bond acceptors (Lipinski definition) is 3. The van der Waals surface area contributed by atoms with Gasteiger partial charge in [0, 0.05) is 0 Å². The van der Waals surface area contributed by atoms with Crippen LogP contribution in [0, 0.1) is 0 Å². The maximum atomic E-state index is 11.8. The summed E-state index contributed by atoms with van der Waals surface area (Å²) in [4.78, 5) is 11.8. The van der Waals surface area contributed by atoms with E-state index >= 15 is 0 Å². The fourth-order valence-electron chi connectivity index (χ4n) is 3.19. The molecule has 0 fully saturated rings. The molecule has 0 atom stereocenters. The van der Waals surface area contributed by atoms with E-state index in [1.807, 2.05) is 0 Å². The Labute approximate surface area is 160 Å². The van der Waals surface area contributed by atoms with Gasteiger partial charge in [-0.05, 0) is 18.6 Å². The normalized spacial score (nSPS) is 10.8. The lowest BCUT2D eigenvalue weighted by Crippen LogP contribution is -2.06. The lowest BCUT2D eigenvalue weighted by Gasteiger charge is -2.06. The fraction of sp³-hybridized carbons (Fsp3) is 0.696. The Balaban J connectivity index is 1.84. The van der Waals surface area contributed by atoms with Gasteiger partial charge < -0.3 is 9.84 Å². The van der Waals surface area contributed by atoms with Gasteiger partial charge in [0.05, 0.1) is 6.61 Å². The summed E-state index contributed by atoms with van der Waals surface area (Å²) in [5.74, 6) is -0.448. The number of carbonyl (C=O) groups is 1. The number of phenols is 1. The molecule has 0 aliphatic heterocycles. The number of esters is 1. The summed E-state index contributed by atoms with van der Waals surface area (Å²) in [6.45, 7) is 2.70. The Kier molecular flexibility index (Phi) is 13.6. The molecule has 0 radical (unpaired) electrons. The van der Waals surface area contributed by atoms with E-state index in [0.717, 1.165) is 12.8 Å². The number of rotatable bonds is 16. The molecule has 0 unspecified atom stereocenters. The van der Waals surface area contributed by atoms with Gasteiger partial charge in [-0.15, -0.1) is 0 Å². The van der Waals surface area contributed by atoms with E-state index in [0.29, 0.717) is 6.61 Å². The highest BCUT2D eigenvalue weighted by Crippen LogP contribution is 2.17. The predicted molar refractivity (Wildman–Crippen MR) is 109 cm³/mol. The van der Waals surface area contributed by atoms with Crippen molar-refractivity contribution >= 4 is 5.97 Å². The van der Waals surface area contributed by atoms with Crippen LogP contribution in [0.5, 0.6) is 5.75 Å². The van der Waals surface area contributed by atoms with Crippen molar-refractivity contribution in [1.29, 1.82) is 0 Å². The second-order valence-corrected chi connectivity index (χ2v) is 7.25. The summed E-state index contributed by atoms with van der Waals surface area (Å²) in [5.41, 5.74) is 0.248. The van der Waals surface area contributed by atoms with Crippen molar-refractivity contribution in [2.75, 3.05) is 6.61 Å². The molecule has 1 aromatic carbocycles. The Bertz CT molecular complexity index is 470. The zero-order valence-corrected chi connectivity index (χ0v) is 16.7. The van der Waals surface area contributed by atoms with Gasteiger partial charge in [0.1, 0.15) is 11.3 Å². The number of para-hydroxylation sites is 1. The lowest BCUT2D eigenvalue weighted by atomic mass is 10.0. The molecule has 1 aromatic rings. The van der Waals surface area contributed by atoms with Crippen molar-refractivity contribution in [3.8, 4) is 5.75 Å². The summed E-state index contributed by atoms with van der Waals surface area (Å²) in [6, 6.07) is 6.51. The van der Waals surface area contributed by atoms with Crippen molar-refractivity contribution in [3.05, 3.63) is 29.8 Å². The molecule has 0 aliphatic rings. The first-order valence-electron chi connectivity index (χ1n) is 10.7. The molecule has 0 aliphatic carbocycles. The first-order valence-corrected chi connectivity index (χ1v) is 10.7. The highest BCUT2D eigenvalue weighted by molar-refractivity contribution is 5.92. The summed E-state index contributed by atoms with van der Waals surface area (Å²) in [5, 5.41) is 9.61. The fourth-order valence-corrected chi connectivity index (χ4v) is 3.19. The summed E-state index contributed by atoms with van der Waals surface area (Å²) < 4.78 is 5.22. The largest absolute Gasteiger partial charge is 0.507 e. The molecule has 3 nitrogen and oxygen atoms in total. The molecule has 0 amide bonds. The van der Waals surface area contributed by atoms with Crippen LogP contribution in [-0.2, 0) is 4.74 Å². The van der Waals surface area contributed by atoms with E-state index < -0.39 is 5.97 Å². The van der Waals surface area contributed by atoms with Crippen LogP contribution in [0.25, 0.3) is 0 Å². The summed E-state index contributed by atoms with van der Waals surface area (Å²) >= 11 is 0. The van der Waals surface area contributed by atoms with Crippen LogP contribution in [0.15, 0.2) is 24.3 Å². The van der Waals surface area contributed by atoms with Crippen LogP contribution < -0.4 is 0 Å². The second kappa shape index (κ2) is 15.7. The third kappa shape index (κ3) is 11.2. The summed E-state index contributed by atoms with van der Waals surface area (Å²) in [7, 11) is 0. The number of phenolic OH excluding ortho intramolecular Hbond substituents is 1. The number of aromatic hydroxyl groups is 1. The van der Waals surface area contributed by atoms with Gasteiger partial charge in [0.15, 0.2) is 0 Å². The zero-order chi connectivity index (χ0) is 18.9. The molecule has 0 spiro atoms. The minimum Gasteiger partial charge on any atom is -0.507 e. The van der Waals surface area contributed by atoms with Gasteiger partial charge in [0.2, 0.25) is 0 Å². The van der Waals surface area contributed by atoms with E-state index in [-0.39, 0.29) is 11.3 Å². The van der Waals surface area contributed by atoms with Gasteiger partial charge in [-0.25, -0.2) is 4.79 Å². The van der Waals surface area contributed by atoms with Crippen LogP contribution in [0.1, 0.15) is 107 Å². The van der Waals surface area contributed by atoms with Crippen LogP contribution >= 0.6 is 0 Å². The molecule has 0 aromatic heterocycles. The third-order valence-electron chi connectivity index (χ3n) is 4.86. The van der Waals surface area contributed by atoms with Gasteiger partial charge in [0.25, 0.3) is 0 Å². The topological polar surface area (TPSA) is 46.5 Å². The predicted octanol–water partition coefficient (Wildman–Crippen LogP) is 7.03. The van der Waals surface area contributed by atoms with Crippen LogP contribution in [0.3, 0.4) is 0 Å². The molecule has 3 heteroatoms. The molecule has 0 heterocycles. The first kappa shape index (κ1) is 22.5. The third-order valence-corrected chi connectivity index (χ3v) is 4.86. The Morgan fingerprint density at radius 1 is 0.769 bits per heavy atom. The highest BCUT2D eigenvalue weighted by atomic mass is 16.5. The van der Waals surface area contributed by atoms with E-state index in [4.69, 9.17) is 4.74 Å². The van der Waals surface area contributed by atoms with Crippen molar-refractivity contribution in [2.45, 2.75) is 96.8 Å². The Hall–Kier alpha value is -1.51. The minimum absolute atomic E-state index is 0.0153. The lowest BCUT2D eigenvalue weighted by molar-refractivity contribution is 0.0494. The number of ether oxygens (including phenoxy) is 1. The van der Waals surface area contributed by atoms with Crippen molar-refractivity contribution in [3.63, 3.8) is 0 Å². The molecule has 1 N–H and O–H groups in total. The number of carbonyl (C=O) groups excluding carboxylic acids is 1. The highest BCUT2D eigenvalue weighted by Gasteiger charge is 2.10. The molecule has 26 heavy (non-hydrogen) atoms. The smallest absolute Gasteiger partial charge is 0.341 e. The molecular formula is C23H38O3. The molecular weight excluding hydrogens is 324 g/mol. The average molecular weight is 363 g/mol. The van der Waals surface area contributed by atoms with E-state index in [9.17, 15) is 9.90 Å². The molecule has 1 rings (SSSR count). The van der Waals surface area contributed by atoms with Crippen LogP contribution in [-0.4, -0.2) is 17.7 Å². The van der Waals surface area contributed by atoms with E-state index in [1.54, 1.807) is 18.2 Å². The second-order valence-electron chi connectivity index (χ2n) is 7.25. The monoisotopic (exact) mass is 362 g/mol. The Morgan fingerprint density at radius 2 is 1.23 bits per heavy atom.